The van der Waals surface area contributed by atoms with Gasteiger partial charge < -0.3 is 20.6 Å². The Labute approximate surface area is 199 Å². The molecule has 0 aromatic heterocycles. The Morgan fingerprint density at radius 3 is 1.83 bits per heavy atom. The van der Waals surface area contributed by atoms with Gasteiger partial charge in [0.1, 0.15) is 0 Å². The van der Waals surface area contributed by atoms with Crippen LogP contribution in [-0.2, 0) is 22.1 Å². The van der Waals surface area contributed by atoms with Gasteiger partial charge in [0, 0.05) is 13.2 Å². The Balaban J connectivity index is 0.000000655. The van der Waals surface area contributed by atoms with Crippen LogP contribution >= 0.6 is 0 Å². The van der Waals surface area contributed by atoms with E-state index in [0.29, 0.717) is 5.54 Å². The number of nitrogens with zero attached hydrogens (tertiary/aromatic N) is 2. The minimum absolute atomic E-state index is 0. The van der Waals surface area contributed by atoms with Crippen molar-refractivity contribution in [3.8, 4) is 0 Å². The summed E-state index contributed by atoms with van der Waals surface area (Å²) in [5.41, 5.74) is 2.65. The number of rotatable bonds is 5. The number of hydrogen-bond acceptors (Lipinski definition) is 1. The molecular weight excluding hydrogens is 440 g/mol. The van der Waals surface area contributed by atoms with Crippen LogP contribution in [0, 0.1) is 5.92 Å². The maximum Gasteiger partial charge on any atom is 3.00 e. The summed E-state index contributed by atoms with van der Waals surface area (Å²) in [5, 5.41) is 0. The zero-order valence-corrected chi connectivity index (χ0v) is 23.8. The van der Waals surface area contributed by atoms with Crippen LogP contribution in [-0.4, -0.2) is 35.2 Å². The molecule has 169 valence electrons. The van der Waals surface area contributed by atoms with E-state index in [2.05, 4.69) is 84.2 Å². The Bertz CT molecular complexity index is 608. The van der Waals surface area contributed by atoms with Crippen LogP contribution in [0.1, 0.15) is 53.4 Å². The van der Waals surface area contributed by atoms with Crippen molar-refractivity contribution >= 4 is 22.2 Å². The predicted octanol–water partition coefficient (Wildman–Crippen LogP) is 8.20. The summed E-state index contributed by atoms with van der Waals surface area (Å²) in [4.78, 5) is 10.5. The fraction of sp³-hybridized carbons (Fsp3) is 0.708. The molecular formula is C24H43CrN2OSi2. The van der Waals surface area contributed by atoms with Gasteiger partial charge in [-0.25, -0.2) is 0 Å². The SMILES string of the molecule is C1CCOC1.C[C-]1C([Si](C)(C)[N-]c2ccccc2)CCC1[Si](C)(C)[N-]C(C)(C)C.[Cr+3]. The van der Waals surface area contributed by atoms with Crippen molar-refractivity contribution in [1.82, 2.24) is 0 Å². The first-order valence-electron chi connectivity index (χ1n) is 11.4. The fourth-order valence-electron chi connectivity index (χ4n) is 5.22. The van der Waals surface area contributed by atoms with E-state index in [1.807, 2.05) is 0 Å². The summed E-state index contributed by atoms with van der Waals surface area (Å²) in [6.45, 7) is 20.9. The molecule has 0 N–H and O–H groups in total. The van der Waals surface area contributed by atoms with Gasteiger partial charge in [0.2, 0.25) is 0 Å². The van der Waals surface area contributed by atoms with Gasteiger partial charge in [0.05, 0.1) is 0 Å². The minimum atomic E-state index is -1.68. The molecule has 30 heavy (non-hydrogen) atoms. The number of ether oxygens (including phenoxy) is 1. The summed E-state index contributed by atoms with van der Waals surface area (Å²) >= 11 is 0. The van der Waals surface area contributed by atoms with Gasteiger partial charge in [0.25, 0.3) is 0 Å². The van der Waals surface area contributed by atoms with Gasteiger partial charge in [-0.15, -0.1) is 11.2 Å². The number of benzene rings is 1. The minimum Gasteiger partial charge on any atom is -0.688 e. The van der Waals surface area contributed by atoms with Crippen molar-refractivity contribution in [2.75, 3.05) is 13.2 Å². The Morgan fingerprint density at radius 1 is 0.900 bits per heavy atom. The molecule has 6 heteroatoms. The van der Waals surface area contributed by atoms with E-state index >= 15 is 0 Å². The fourth-order valence-corrected chi connectivity index (χ4v) is 12.6. The van der Waals surface area contributed by atoms with Crippen molar-refractivity contribution in [2.45, 2.75) is 96.2 Å². The molecule has 1 aliphatic heterocycles. The Morgan fingerprint density at radius 2 is 1.40 bits per heavy atom. The molecule has 1 heterocycles. The third-order valence-corrected chi connectivity index (χ3v) is 13.2. The largest absolute Gasteiger partial charge is 3.00 e. The first-order chi connectivity index (χ1) is 13.4. The van der Waals surface area contributed by atoms with E-state index in [9.17, 15) is 0 Å². The Kier molecular flexibility index (Phi) is 10.9. The maximum absolute atomic E-state index is 5.28. The van der Waals surface area contributed by atoms with Crippen LogP contribution in [0.2, 0.25) is 37.3 Å². The quantitative estimate of drug-likeness (QED) is 0.307. The summed E-state index contributed by atoms with van der Waals surface area (Å²) in [7, 11) is -3.30. The predicted molar refractivity (Wildman–Crippen MR) is 133 cm³/mol. The molecule has 1 aromatic carbocycles. The molecule has 2 aliphatic rings. The maximum atomic E-state index is 5.28. The van der Waals surface area contributed by atoms with Crippen LogP contribution in [0.15, 0.2) is 30.3 Å². The van der Waals surface area contributed by atoms with Crippen LogP contribution in [0.5, 0.6) is 0 Å². The van der Waals surface area contributed by atoms with Gasteiger partial charge in [-0.2, -0.15) is 18.0 Å². The van der Waals surface area contributed by atoms with Crippen molar-refractivity contribution in [3.05, 3.63) is 46.2 Å². The first kappa shape index (κ1) is 27.9. The van der Waals surface area contributed by atoms with E-state index in [-0.39, 0.29) is 22.9 Å². The molecule has 1 radical (unpaired) electrons. The molecule has 1 aromatic rings. The summed E-state index contributed by atoms with van der Waals surface area (Å²) in [6.07, 6.45) is 5.18. The third kappa shape index (κ3) is 8.45. The van der Waals surface area contributed by atoms with E-state index in [4.69, 9.17) is 14.7 Å². The van der Waals surface area contributed by atoms with Crippen LogP contribution in [0.25, 0.3) is 9.96 Å². The first-order valence-corrected chi connectivity index (χ1v) is 17.4. The van der Waals surface area contributed by atoms with Gasteiger partial charge in [-0.1, -0.05) is 107 Å². The zero-order chi connectivity index (χ0) is 21.7. The van der Waals surface area contributed by atoms with E-state index < -0.39 is 16.5 Å². The molecule has 2 unspecified atom stereocenters. The molecule has 3 rings (SSSR count). The van der Waals surface area contributed by atoms with Gasteiger partial charge in [-0.3, -0.25) is 0 Å². The molecule has 1 aliphatic carbocycles. The molecule has 0 amide bonds. The van der Waals surface area contributed by atoms with E-state index in [0.717, 1.165) is 24.4 Å². The number of hydrogen-bond donors (Lipinski definition) is 0. The second-order valence-corrected chi connectivity index (χ2v) is 19.2. The van der Waals surface area contributed by atoms with Crippen LogP contribution in [0.4, 0.5) is 5.69 Å². The van der Waals surface area contributed by atoms with Crippen molar-refractivity contribution < 1.29 is 22.1 Å². The molecule has 0 bridgehead atoms. The second-order valence-electron chi connectivity index (χ2n) is 10.8. The summed E-state index contributed by atoms with van der Waals surface area (Å²) in [6, 6.07) is 10.5. The average Bonchev–Trinajstić information content (AvgIpc) is 3.26. The smallest absolute Gasteiger partial charge is 0.688 e. The van der Waals surface area contributed by atoms with Gasteiger partial charge in [-0.05, 0) is 12.8 Å². The molecule has 2 atom stereocenters. The normalized spacial score (nSPS) is 22.8. The molecule has 1 saturated heterocycles. The summed E-state index contributed by atoms with van der Waals surface area (Å²) < 4.78 is 4.94. The molecule has 3 nitrogen and oxygen atoms in total. The standard InChI is InChI=1S/C20H35N2Si2.C4H8O.Cr/c1-16-18(23(5,6)21-17-12-10-9-11-13-17)14-15-19(16)24(7,8)22-20(2,3)4;1-2-4-5-3-1;/h9-13,18-19H,14-15H2,1-8H3;1-4H2;/q-3;;+3. The molecule has 1 saturated carbocycles. The second kappa shape index (κ2) is 11.7. The molecule has 0 spiro atoms. The zero-order valence-electron chi connectivity index (χ0n) is 20.5. The van der Waals surface area contributed by atoms with Crippen molar-refractivity contribution in [3.63, 3.8) is 0 Å². The van der Waals surface area contributed by atoms with Gasteiger partial charge >= 0.3 is 17.4 Å². The molecule has 2 fully saturated rings. The van der Waals surface area contributed by atoms with Gasteiger partial charge in [0.15, 0.2) is 0 Å². The van der Waals surface area contributed by atoms with Crippen LogP contribution < -0.4 is 0 Å². The monoisotopic (exact) mass is 483 g/mol. The average molecular weight is 484 g/mol. The van der Waals surface area contributed by atoms with Crippen LogP contribution in [0.3, 0.4) is 0 Å². The van der Waals surface area contributed by atoms with E-state index in [1.54, 1.807) is 5.92 Å². The third-order valence-electron chi connectivity index (χ3n) is 6.17. The van der Waals surface area contributed by atoms with E-state index in [1.165, 1.54) is 25.7 Å². The van der Waals surface area contributed by atoms with Crippen molar-refractivity contribution in [1.29, 1.82) is 0 Å². The Hall–Kier alpha value is -0.0938. The topological polar surface area (TPSA) is 37.4 Å². The summed E-state index contributed by atoms with van der Waals surface area (Å²) in [5.74, 6) is 1.70. The van der Waals surface area contributed by atoms with Crippen molar-refractivity contribution in [2.24, 2.45) is 0 Å².